The van der Waals surface area contributed by atoms with Gasteiger partial charge in [-0.1, -0.05) is 0 Å². The Balaban J connectivity index is 0. The van der Waals surface area contributed by atoms with Crippen LogP contribution in [-0.4, -0.2) is 43.0 Å². The summed E-state index contributed by atoms with van der Waals surface area (Å²) >= 11 is 0. The van der Waals surface area contributed by atoms with Gasteiger partial charge in [0.25, 0.3) is 0 Å². The van der Waals surface area contributed by atoms with Crippen LogP contribution >= 0.6 is 0 Å². The lowest BCUT2D eigenvalue weighted by molar-refractivity contribution is -0.192. The molecule has 0 aliphatic carbocycles. The number of alkyl halides is 3. The molecule has 0 radical (unpaired) electrons. The Morgan fingerprint density at radius 3 is 2.12 bits per heavy atom. The van der Waals surface area contributed by atoms with Gasteiger partial charge in [-0.15, -0.1) is 0 Å². The summed E-state index contributed by atoms with van der Waals surface area (Å²) in [4.78, 5) is 19.3. The average molecular weight is 246 g/mol. The molecular formula is C7H13F3N2O4. The number of hydrogen-bond donors (Lipinski definition) is 3. The largest absolute Gasteiger partial charge is 0.490 e. The summed E-state index contributed by atoms with van der Waals surface area (Å²) < 4.78 is 36.3. The number of nitrogens with one attached hydrogen (secondary N) is 1. The standard InChI is InChI=1S/C5H12N2O2.C2HF3O2/c1-2-7-5(8)9-4-3-6;3-2(4,5)1(6)7/h2-4,6H2,1H3,(H,7,8);(H,6,7). The van der Waals surface area contributed by atoms with Gasteiger partial charge in [-0.05, 0) is 6.92 Å². The molecule has 0 aromatic carbocycles. The van der Waals surface area contributed by atoms with Gasteiger partial charge in [0.1, 0.15) is 6.61 Å². The quantitative estimate of drug-likeness (QED) is 0.665. The van der Waals surface area contributed by atoms with Gasteiger partial charge in [-0.3, -0.25) is 0 Å². The number of hydrogen-bond acceptors (Lipinski definition) is 4. The number of amides is 1. The number of carboxylic acids is 1. The summed E-state index contributed by atoms with van der Waals surface area (Å²) in [5.41, 5.74) is 5.07. The smallest absolute Gasteiger partial charge is 0.475 e. The zero-order valence-electron chi connectivity index (χ0n) is 8.50. The van der Waals surface area contributed by atoms with Crippen LogP contribution in [0, 0.1) is 0 Å². The van der Waals surface area contributed by atoms with E-state index in [0.717, 1.165) is 0 Å². The molecule has 0 aromatic heterocycles. The fourth-order valence-electron chi connectivity index (χ4n) is 0.347. The molecule has 4 N–H and O–H groups in total. The summed E-state index contributed by atoms with van der Waals surface area (Å²) in [6, 6.07) is 0. The number of rotatable bonds is 3. The van der Waals surface area contributed by atoms with E-state index >= 15 is 0 Å². The minimum Gasteiger partial charge on any atom is -0.475 e. The number of ether oxygens (including phenoxy) is 1. The van der Waals surface area contributed by atoms with Crippen molar-refractivity contribution >= 4 is 12.1 Å². The maximum atomic E-state index is 10.6. The van der Waals surface area contributed by atoms with Crippen molar-refractivity contribution in [3.63, 3.8) is 0 Å². The van der Waals surface area contributed by atoms with Crippen LogP contribution in [0.5, 0.6) is 0 Å². The lowest BCUT2D eigenvalue weighted by atomic mass is 10.7. The van der Waals surface area contributed by atoms with Crippen molar-refractivity contribution in [3.8, 4) is 0 Å². The first-order valence-electron chi connectivity index (χ1n) is 4.16. The van der Waals surface area contributed by atoms with Gasteiger partial charge < -0.3 is 20.9 Å². The molecule has 0 atom stereocenters. The second kappa shape index (κ2) is 8.77. The molecule has 0 saturated heterocycles. The van der Waals surface area contributed by atoms with Crippen LogP contribution in [0.4, 0.5) is 18.0 Å². The summed E-state index contributed by atoms with van der Waals surface area (Å²) in [5, 5.41) is 9.59. The van der Waals surface area contributed by atoms with Gasteiger partial charge >= 0.3 is 18.2 Å². The van der Waals surface area contributed by atoms with E-state index in [4.69, 9.17) is 15.6 Å². The fourth-order valence-corrected chi connectivity index (χ4v) is 0.347. The maximum Gasteiger partial charge on any atom is 0.490 e. The molecule has 1 amide bonds. The highest BCUT2D eigenvalue weighted by atomic mass is 19.4. The third-order valence-corrected chi connectivity index (χ3v) is 0.915. The van der Waals surface area contributed by atoms with Gasteiger partial charge in [0, 0.05) is 13.1 Å². The molecule has 0 fully saturated rings. The van der Waals surface area contributed by atoms with E-state index in [-0.39, 0.29) is 6.61 Å². The molecule has 0 bridgehead atoms. The third-order valence-electron chi connectivity index (χ3n) is 0.915. The minimum atomic E-state index is -5.08. The summed E-state index contributed by atoms with van der Waals surface area (Å²) in [7, 11) is 0. The van der Waals surface area contributed by atoms with Gasteiger partial charge in [0.15, 0.2) is 0 Å². The predicted molar refractivity (Wildman–Crippen MR) is 47.8 cm³/mol. The molecule has 0 aliphatic rings. The topological polar surface area (TPSA) is 102 Å². The van der Waals surface area contributed by atoms with E-state index in [1.807, 2.05) is 6.92 Å². The zero-order chi connectivity index (χ0) is 13.2. The number of carbonyl (C=O) groups excluding carboxylic acids is 1. The Kier molecular flexibility index (Phi) is 9.27. The van der Waals surface area contributed by atoms with Crippen LogP contribution in [0.15, 0.2) is 0 Å². The Labute approximate surface area is 89.6 Å². The lowest BCUT2D eigenvalue weighted by Gasteiger charge is -2.01. The highest BCUT2D eigenvalue weighted by Gasteiger charge is 2.38. The molecule has 0 heterocycles. The minimum absolute atomic E-state index is 0.284. The van der Waals surface area contributed by atoms with Crippen molar-refractivity contribution in [2.24, 2.45) is 5.73 Å². The van der Waals surface area contributed by atoms with Crippen molar-refractivity contribution in [1.82, 2.24) is 5.32 Å². The van der Waals surface area contributed by atoms with Crippen molar-refractivity contribution in [2.75, 3.05) is 19.7 Å². The molecule has 0 aromatic rings. The Morgan fingerprint density at radius 1 is 1.44 bits per heavy atom. The first kappa shape index (κ1) is 16.9. The number of nitrogens with two attached hydrogens (primary N) is 1. The first-order chi connectivity index (χ1) is 7.25. The van der Waals surface area contributed by atoms with Gasteiger partial charge in [-0.25, -0.2) is 9.59 Å². The maximum absolute atomic E-state index is 10.6. The Bertz CT molecular complexity index is 220. The highest BCUT2D eigenvalue weighted by molar-refractivity contribution is 5.73. The van der Waals surface area contributed by atoms with Gasteiger partial charge in [-0.2, -0.15) is 13.2 Å². The van der Waals surface area contributed by atoms with Crippen LogP contribution in [0.3, 0.4) is 0 Å². The van der Waals surface area contributed by atoms with E-state index in [1.165, 1.54) is 0 Å². The van der Waals surface area contributed by atoms with E-state index in [9.17, 15) is 18.0 Å². The van der Waals surface area contributed by atoms with E-state index in [2.05, 4.69) is 10.1 Å². The number of alkyl carbamates (subject to hydrolysis) is 1. The van der Waals surface area contributed by atoms with Crippen LogP contribution in [0.1, 0.15) is 6.92 Å². The Hall–Kier alpha value is -1.51. The van der Waals surface area contributed by atoms with Crippen LogP contribution < -0.4 is 11.1 Å². The monoisotopic (exact) mass is 246 g/mol. The SMILES string of the molecule is CCNC(=O)OCCN.O=C(O)C(F)(F)F. The molecule has 0 saturated carbocycles. The highest BCUT2D eigenvalue weighted by Crippen LogP contribution is 2.13. The molecule has 96 valence electrons. The molecule has 0 rings (SSSR count). The summed E-state index contributed by atoms with van der Waals surface area (Å²) in [6.07, 6.45) is -5.48. The van der Waals surface area contributed by atoms with Gasteiger partial charge in [0.05, 0.1) is 0 Å². The van der Waals surface area contributed by atoms with Crippen molar-refractivity contribution in [3.05, 3.63) is 0 Å². The van der Waals surface area contributed by atoms with Crippen LogP contribution in [0.25, 0.3) is 0 Å². The van der Waals surface area contributed by atoms with Crippen molar-refractivity contribution in [2.45, 2.75) is 13.1 Å². The number of carbonyl (C=O) groups is 2. The molecule has 0 unspecified atom stereocenters. The van der Waals surface area contributed by atoms with Crippen LogP contribution in [0.2, 0.25) is 0 Å². The Morgan fingerprint density at radius 2 is 1.88 bits per heavy atom. The molecule has 16 heavy (non-hydrogen) atoms. The van der Waals surface area contributed by atoms with E-state index in [0.29, 0.717) is 13.1 Å². The summed E-state index contributed by atoms with van der Waals surface area (Å²) in [5.74, 6) is -2.76. The predicted octanol–water partition coefficient (Wildman–Crippen LogP) is 0.324. The second-order valence-electron chi connectivity index (χ2n) is 2.26. The first-order valence-corrected chi connectivity index (χ1v) is 4.16. The average Bonchev–Trinajstić information content (AvgIpc) is 2.14. The van der Waals surface area contributed by atoms with Crippen LogP contribution in [-0.2, 0) is 9.53 Å². The fraction of sp³-hybridized carbons (Fsp3) is 0.714. The second-order valence-corrected chi connectivity index (χ2v) is 2.26. The zero-order valence-corrected chi connectivity index (χ0v) is 8.50. The number of aliphatic carboxylic acids is 1. The van der Waals surface area contributed by atoms with Gasteiger partial charge in [0.2, 0.25) is 0 Å². The molecular weight excluding hydrogens is 233 g/mol. The number of halogens is 3. The molecule has 9 heteroatoms. The lowest BCUT2D eigenvalue weighted by Crippen LogP contribution is -2.25. The molecule has 6 nitrogen and oxygen atoms in total. The third kappa shape index (κ3) is 12.5. The normalized spacial score (nSPS) is 9.81. The van der Waals surface area contributed by atoms with Crippen molar-refractivity contribution < 1.29 is 32.6 Å². The molecule has 0 spiro atoms. The van der Waals surface area contributed by atoms with E-state index < -0.39 is 18.2 Å². The molecule has 0 aliphatic heterocycles. The van der Waals surface area contributed by atoms with Crippen molar-refractivity contribution in [1.29, 1.82) is 0 Å². The summed E-state index contributed by atoms with van der Waals surface area (Å²) in [6.45, 7) is 3.07. The van der Waals surface area contributed by atoms with E-state index in [1.54, 1.807) is 0 Å². The number of carboxylic acid groups (broad SMARTS) is 1.